The van der Waals surface area contributed by atoms with E-state index in [-0.39, 0.29) is 17.6 Å². The van der Waals surface area contributed by atoms with E-state index in [9.17, 15) is 14.0 Å². The molecule has 0 bridgehead atoms. The molecule has 1 N–H and O–H groups in total. The zero-order valence-corrected chi connectivity index (χ0v) is 17.5. The molecule has 9 heteroatoms. The summed E-state index contributed by atoms with van der Waals surface area (Å²) in [5.41, 5.74) is 1.25. The van der Waals surface area contributed by atoms with Crippen LogP contribution < -0.4 is 5.32 Å². The lowest BCUT2D eigenvalue weighted by Gasteiger charge is -2.24. The van der Waals surface area contributed by atoms with Gasteiger partial charge >= 0.3 is 0 Å². The van der Waals surface area contributed by atoms with Gasteiger partial charge in [0.15, 0.2) is 0 Å². The summed E-state index contributed by atoms with van der Waals surface area (Å²) in [6.45, 7) is 0.523. The maximum absolute atomic E-state index is 13.1. The van der Waals surface area contributed by atoms with Crippen molar-refractivity contribution in [2.24, 2.45) is 0 Å². The Kier molecular flexibility index (Phi) is 5.68. The van der Waals surface area contributed by atoms with E-state index in [0.29, 0.717) is 33.1 Å². The smallest absolute Gasteiger partial charge is 0.255 e. The van der Waals surface area contributed by atoms with Crippen molar-refractivity contribution in [3.05, 3.63) is 64.4 Å². The molecule has 1 aliphatic rings. The largest absolute Gasteiger partial charge is 0.327 e. The number of nitrogens with zero attached hydrogens (tertiary/aromatic N) is 3. The number of benzene rings is 2. The molecule has 0 saturated carbocycles. The molecule has 0 radical (unpaired) electrons. The number of carbonyl (C=O) groups is 2. The third-order valence-electron chi connectivity index (χ3n) is 4.67. The molecule has 1 aliphatic heterocycles. The van der Waals surface area contributed by atoms with E-state index < -0.39 is 6.04 Å². The molecular weight excluding hydrogens is 459 g/mol. The van der Waals surface area contributed by atoms with E-state index in [4.69, 9.17) is 0 Å². The van der Waals surface area contributed by atoms with Crippen molar-refractivity contribution >= 4 is 44.2 Å². The van der Waals surface area contributed by atoms with Crippen LogP contribution in [0.15, 0.2) is 53.0 Å². The topological polar surface area (TPSA) is 75.2 Å². The van der Waals surface area contributed by atoms with Crippen LogP contribution in [0.1, 0.15) is 23.2 Å². The van der Waals surface area contributed by atoms with E-state index in [1.165, 1.54) is 23.5 Å². The summed E-state index contributed by atoms with van der Waals surface area (Å²) >= 11 is 4.60. The second kappa shape index (κ2) is 8.38. The Morgan fingerprint density at radius 2 is 1.90 bits per heavy atom. The molecule has 1 atom stereocenters. The fourth-order valence-electron chi connectivity index (χ4n) is 3.24. The fraction of sp³-hybridized carbons (Fsp3) is 0.200. The molecule has 0 aliphatic carbocycles. The first-order chi connectivity index (χ1) is 14.0. The number of likely N-dealkylation sites (tertiary alicyclic amines) is 1. The van der Waals surface area contributed by atoms with Crippen LogP contribution in [0.3, 0.4) is 0 Å². The van der Waals surface area contributed by atoms with Crippen molar-refractivity contribution in [3.63, 3.8) is 0 Å². The molecule has 0 spiro atoms. The van der Waals surface area contributed by atoms with E-state index in [1.807, 2.05) is 6.07 Å². The highest BCUT2D eigenvalue weighted by Crippen LogP contribution is 2.28. The first-order valence-electron chi connectivity index (χ1n) is 8.99. The minimum atomic E-state index is -0.562. The maximum Gasteiger partial charge on any atom is 0.255 e. The van der Waals surface area contributed by atoms with E-state index in [0.717, 1.165) is 12.0 Å². The third-order valence-corrected chi connectivity index (χ3v) is 6.25. The van der Waals surface area contributed by atoms with Crippen LogP contribution in [-0.4, -0.2) is 39.5 Å². The fourth-order valence-corrected chi connectivity index (χ4v) is 4.45. The van der Waals surface area contributed by atoms with Crippen LogP contribution in [-0.2, 0) is 4.79 Å². The van der Waals surface area contributed by atoms with Gasteiger partial charge in [-0.2, -0.15) is 0 Å². The van der Waals surface area contributed by atoms with Gasteiger partial charge in [-0.05, 0) is 65.2 Å². The molecule has 1 aromatic heterocycles. The summed E-state index contributed by atoms with van der Waals surface area (Å²) in [5, 5.41) is 11.7. The van der Waals surface area contributed by atoms with Gasteiger partial charge in [-0.25, -0.2) is 4.39 Å². The van der Waals surface area contributed by atoms with Crippen LogP contribution in [0.4, 0.5) is 9.52 Å². The van der Waals surface area contributed by atoms with Crippen LogP contribution >= 0.6 is 27.3 Å². The highest BCUT2D eigenvalue weighted by molar-refractivity contribution is 9.10. The molecule has 3 aromatic rings. The zero-order chi connectivity index (χ0) is 20.4. The van der Waals surface area contributed by atoms with Gasteiger partial charge in [0.2, 0.25) is 11.0 Å². The van der Waals surface area contributed by atoms with Crippen LogP contribution in [0, 0.1) is 5.82 Å². The molecule has 1 unspecified atom stereocenters. The summed E-state index contributed by atoms with van der Waals surface area (Å²) in [6, 6.07) is 12.5. The lowest BCUT2D eigenvalue weighted by Crippen LogP contribution is -2.43. The Morgan fingerprint density at radius 1 is 1.14 bits per heavy atom. The number of aromatic nitrogens is 2. The minimum Gasteiger partial charge on any atom is -0.327 e. The first kappa shape index (κ1) is 19.7. The number of hydrogen-bond acceptors (Lipinski definition) is 5. The Morgan fingerprint density at radius 3 is 2.66 bits per heavy atom. The number of rotatable bonds is 4. The van der Waals surface area contributed by atoms with Gasteiger partial charge in [0.1, 0.15) is 16.9 Å². The van der Waals surface area contributed by atoms with Crippen molar-refractivity contribution in [2.45, 2.75) is 18.9 Å². The predicted molar refractivity (Wildman–Crippen MR) is 112 cm³/mol. The number of nitrogens with one attached hydrogen (secondary N) is 1. The molecule has 2 amide bonds. The van der Waals surface area contributed by atoms with E-state index in [1.54, 1.807) is 35.2 Å². The standard InChI is InChI=1S/C20H16BrFN4O2S/c21-15-5-2-1-4-14(15)19(28)26-11-3-6-16(26)17(27)23-20-25-24-18(29-20)12-7-9-13(22)10-8-12/h1-2,4-5,7-10,16H,3,6,11H2,(H,23,25,27). The highest BCUT2D eigenvalue weighted by atomic mass is 79.9. The molecule has 2 aromatic carbocycles. The van der Waals surface area contributed by atoms with E-state index >= 15 is 0 Å². The number of amides is 2. The number of halogens is 2. The molecule has 1 saturated heterocycles. The number of hydrogen-bond donors (Lipinski definition) is 1. The van der Waals surface area contributed by atoms with Gasteiger partial charge in [-0.1, -0.05) is 23.5 Å². The Hall–Kier alpha value is -2.65. The highest BCUT2D eigenvalue weighted by Gasteiger charge is 2.35. The lowest BCUT2D eigenvalue weighted by atomic mass is 10.1. The summed E-state index contributed by atoms with van der Waals surface area (Å²) in [4.78, 5) is 27.3. The van der Waals surface area contributed by atoms with Gasteiger partial charge < -0.3 is 4.90 Å². The normalized spacial score (nSPS) is 16.1. The second-order valence-corrected chi connectivity index (χ2v) is 8.38. The molecule has 29 heavy (non-hydrogen) atoms. The summed E-state index contributed by atoms with van der Waals surface area (Å²) in [5.74, 6) is -0.799. The predicted octanol–water partition coefficient (Wildman–Crippen LogP) is 4.35. The van der Waals surface area contributed by atoms with Gasteiger partial charge in [0, 0.05) is 16.6 Å². The third kappa shape index (κ3) is 4.20. The second-order valence-electron chi connectivity index (χ2n) is 6.54. The average Bonchev–Trinajstić information content (AvgIpc) is 3.38. The van der Waals surface area contributed by atoms with Crippen LogP contribution in [0.25, 0.3) is 10.6 Å². The lowest BCUT2D eigenvalue weighted by molar-refractivity contribution is -0.119. The van der Waals surface area contributed by atoms with Crippen molar-refractivity contribution < 1.29 is 14.0 Å². The Balaban J connectivity index is 1.47. The molecule has 6 nitrogen and oxygen atoms in total. The molecule has 4 rings (SSSR count). The van der Waals surface area contributed by atoms with Crippen molar-refractivity contribution in [1.82, 2.24) is 15.1 Å². The average molecular weight is 475 g/mol. The van der Waals surface area contributed by atoms with Gasteiger partial charge in [-0.3, -0.25) is 14.9 Å². The maximum atomic E-state index is 13.1. The summed E-state index contributed by atoms with van der Waals surface area (Å²) in [7, 11) is 0. The molecule has 1 fully saturated rings. The first-order valence-corrected chi connectivity index (χ1v) is 10.6. The van der Waals surface area contributed by atoms with Crippen LogP contribution in [0.2, 0.25) is 0 Å². The van der Waals surface area contributed by atoms with Crippen molar-refractivity contribution in [3.8, 4) is 10.6 Å². The number of anilines is 1. The zero-order valence-electron chi connectivity index (χ0n) is 15.1. The quantitative estimate of drug-likeness (QED) is 0.609. The monoisotopic (exact) mass is 474 g/mol. The van der Waals surface area contributed by atoms with Crippen molar-refractivity contribution in [1.29, 1.82) is 0 Å². The Labute approximate surface area is 178 Å². The number of carbonyl (C=O) groups excluding carboxylic acids is 2. The minimum absolute atomic E-state index is 0.181. The Bertz CT molecular complexity index is 1060. The summed E-state index contributed by atoms with van der Waals surface area (Å²) in [6.07, 6.45) is 1.34. The van der Waals surface area contributed by atoms with Gasteiger partial charge in [-0.15, -0.1) is 10.2 Å². The SMILES string of the molecule is O=C(Nc1nnc(-c2ccc(F)cc2)s1)C1CCCN1C(=O)c1ccccc1Br. The molecule has 2 heterocycles. The van der Waals surface area contributed by atoms with Crippen molar-refractivity contribution in [2.75, 3.05) is 11.9 Å². The van der Waals surface area contributed by atoms with Gasteiger partial charge in [0.25, 0.3) is 5.91 Å². The molecular formula is C20H16BrFN4O2S. The van der Waals surface area contributed by atoms with Crippen LogP contribution in [0.5, 0.6) is 0 Å². The van der Waals surface area contributed by atoms with E-state index in [2.05, 4.69) is 31.4 Å². The summed E-state index contributed by atoms with van der Waals surface area (Å²) < 4.78 is 13.8. The molecule has 148 valence electrons. The van der Waals surface area contributed by atoms with Gasteiger partial charge in [0.05, 0.1) is 5.56 Å².